The quantitative estimate of drug-likeness (QED) is 0.680. The van der Waals surface area contributed by atoms with Crippen LogP contribution in [0.2, 0.25) is 0 Å². The molecule has 1 aliphatic carbocycles. The minimum absolute atomic E-state index is 0. The molecule has 1 atom stereocenters. The number of halogens is 1. The summed E-state index contributed by atoms with van der Waals surface area (Å²) in [6.07, 6.45) is 4.07. The first-order chi connectivity index (χ1) is 10.7. The monoisotopic (exact) mass is 357 g/mol. The SMILES string of the molecule is Cl.O=C(NCCCNC(=O)C1CC12CCNCC2)c1cccs1. The first-order valence-electron chi connectivity index (χ1n) is 8.01. The van der Waals surface area contributed by atoms with Crippen LogP contribution in [0.25, 0.3) is 0 Å². The molecule has 1 spiro atoms. The molecule has 3 rings (SSSR count). The van der Waals surface area contributed by atoms with Gasteiger partial charge in [-0.1, -0.05) is 6.07 Å². The third-order valence-corrected chi connectivity index (χ3v) is 5.66. The normalized spacial score (nSPS) is 21.3. The lowest BCUT2D eigenvalue weighted by Gasteiger charge is -2.23. The van der Waals surface area contributed by atoms with Crippen molar-refractivity contribution in [2.24, 2.45) is 11.3 Å². The van der Waals surface area contributed by atoms with E-state index in [1.54, 1.807) is 0 Å². The zero-order chi connectivity index (χ0) is 15.4. The first kappa shape index (κ1) is 18.2. The van der Waals surface area contributed by atoms with Gasteiger partial charge in [-0.15, -0.1) is 23.7 Å². The molecule has 2 aliphatic rings. The number of piperidine rings is 1. The van der Waals surface area contributed by atoms with Gasteiger partial charge in [0.1, 0.15) is 0 Å². The third kappa shape index (κ3) is 4.46. The summed E-state index contributed by atoms with van der Waals surface area (Å²) in [4.78, 5) is 24.6. The van der Waals surface area contributed by atoms with Gasteiger partial charge in [0, 0.05) is 19.0 Å². The molecule has 0 aromatic carbocycles. The van der Waals surface area contributed by atoms with Crippen molar-refractivity contribution >= 4 is 35.6 Å². The molecule has 7 heteroatoms. The highest BCUT2D eigenvalue weighted by Gasteiger charge is 2.57. The molecule has 1 saturated heterocycles. The highest BCUT2D eigenvalue weighted by Crippen LogP contribution is 2.58. The van der Waals surface area contributed by atoms with Crippen LogP contribution in [0.1, 0.15) is 35.4 Å². The maximum atomic E-state index is 12.1. The maximum absolute atomic E-state index is 12.1. The van der Waals surface area contributed by atoms with Gasteiger partial charge < -0.3 is 16.0 Å². The number of amides is 2. The summed E-state index contributed by atoms with van der Waals surface area (Å²) in [6.45, 7) is 3.31. The smallest absolute Gasteiger partial charge is 0.261 e. The van der Waals surface area contributed by atoms with Gasteiger partial charge >= 0.3 is 0 Å². The van der Waals surface area contributed by atoms with Gasteiger partial charge in [0.2, 0.25) is 5.91 Å². The Bertz CT molecular complexity index is 529. The Morgan fingerprint density at radius 1 is 1.26 bits per heavy atom. The van der Waals surface area contributed by atoms with Crippen LogP contribution in [-0.2, 0) is 4.79 Å². The van der Waals surface area contributed by atoms with Crippen LogP contribution in [0, 0.1) is 11.3 Å². The first-order valence-corrected chi connectivity index (χ1v) is 8.89. The molecule has 0 radical (unpaired) electrons. The topological polar surface area (TPSA) is 70.2 Å². The van der Waals surface area contributed by atoms with Crippen LogP contribution in [-0.4, -0.2) is 38.0 Å². The Balaban J connectivity index is 0.00000192. The predicted octanol–water partition coefficient (Wildman–Crippen LogP) is 1.80. The molecular weight excluding hydrogens is 334 g/mol. The van der Waals surface area contributed by atoms with E-state index < -0.39 is 0 Å². The molecule has 1 aliphatic heterocycles. The van der Waals surface area contributed by atoms with Gasteiger partial charge in [0.25, 0.3) is 5.91 Å². The van der Waals surface area contributed by atoms with Gasteiger partial charge in [0.15, 0.2) is 0 Å². The van der Waals surface area contributed by atoms with Crippen LogP contribution in [0.5, 0.6) is 0 Å². The van der Waals surface area contributed by atoms with Crippen molar-refractivity contribution in [2.75, 3.05) is 26.2 Å². The summed E-state index contributed by atoms with van der Waals surface area (Å²) < 4.78 is 0. The summed E-state index contributed by atoms with van der Waals surface area (Å²) in [5.74, 6) is 0.388. The lowest BCUT2D eigenvalue weighted by Crippen LogP contribution is -2.34. The van der Waals surface area contributed by atoms with Crippen molar-refractivity contribution in [3.05, 3.63) is 22.4 Å². The zero-order valence-electron chi connectivity index (χ0n) is 13.1. The molecule has 5 nitrogen and oxygen atoms in total. The Morgan fingerprint density at radius 2 is 2.00 bits per heavy atom. The van der Waals surface area contributed by atoms with Crippen LogP contribution >= 0.6 is 23.7 Å². The molecule has 1 aromatic rings. The third-order valence-electron chi connectivity index (χ3n) is 4.79. The van der Waals surface area contributed by atoms with Gasteiger partial charge in [-0.05, 0) is 55.6 Å². The summed E-state index contributed by atoms with van der Waals surface area (Å²) in [7, 11) is 0. The molecule has 1 unspecified atom stereocenters. The number of nitrogens with one attached hydrogen (secondary N) is 3. The van der Waals surface area contributed by atoms with Crippen molar-refractivity contribution in [3.8, 4) is 0 Å². The van der Waals surface area contributed by atoms with E-state index in [0.29, 0.717) is 18.5 Å². The molecule has 2 fully saturated rings. The fraction of sp³-hybridized carbons (Fsp3) is 0.625. The number of hydrogen-bond acceptors (Lipinski definition) is 4. The van der Waals surface area contributed by atoms with Gasteiger partial charge in [-0.3, -0.25) is 9.59 Å². The summed E-state index contributed by atoms with van der Waals surface area (Å²) in [6, 6.07) is 3.68. The number of carbonyl (C=O) groups excluding carboxylic acids is 2. The molecule has 1 saturated carbocycles. The molecule has 1 aromatic heterocycles. The van der Waals surface area contributed by atoms with E-state index in [4.69, 9.17) is 0 Å². The molecule has 2 amide bonds. The number of thiophene rings is 1. The predicted molar refractivity (Wildman–Crippen MR) is 94.2 cm³/mol. The van der Waals surface area contributed by atoms with Crippen molar-refractivity contribution in [2.45, 2.75) is 25.7 Å². The minimum Gasteiger partial charge on any atom is -0.356 e. The number of carbonyl (C=O) groups is 2. The average Bonchev–Trinajstić information content (AvgIpc) is 2.99. The largest absolute Gasteiger partial charge is 0.356 e. The van der Waals surface area contributed by atoms with E-state index in [9.17, 15) is 9.59 Å². The summed E-state index contributed by atoms with van der Waals surface area (Å²) in [5.41, 5.74) is 0.294. The molecule has 2 heterocycles. The van der Waals surface area contributed by atoms with Crippen molar-refractivity contribution in [1.82, 2.24) is 16.0 Å². The number of hydrogen-bond donors (Lipinski definition) is 3. The minimum atomic E-state index is -0.0304. The van der Waals surface area contributed by atoms with E-state index in [-0.39, 0.29) is 30.1 Å². The second-order valence-corrected chi connectivity index (χ2v) is 7.19. The zero-order valence-corrected chi connectivity index (χ0v) is 14.7. The molecule has 0 bridgehead atoms. The van der Waals surface area contributed by atoms with Crippen LogP contribution in [0.15, 0.2) is 17.5 Å². The van der Waals surface area contributed by atoms with Crippen molar-refractivity contribution in [3.63, 3.8) is 0 Å². The average molecular weight is 358 g/mol. The highest BCUT2D eigenvalue weighted by atomic mass is 35.5. The van der Waals surface area contributed by atoms with Crippen LogP contribution in [0.3, 0.4) is 0 Å². The fourth-order valence-electron chi connectivity index (χ4n) is 3.32. The molecule has 128 valence electrons. The van der Waals surface area contributed by atoms with E-state index in [1.807, 2.05) is 17.5 Å². The van der Waals surface area contributed by atoms with Crippen LogP contribution < -0.4 is 16.0 Å². The Kier molecular flexibility index (Phi) is 6.44. The van der Waals surface area contributed by atoms with Gasteiger partial charge in [-0.25, -0.2) is 0 Å². The fourth-order valence-corrected chi connectivity index (χ4v) is 3.96. The molecule has 3 N–H and O–H groups in total. The summed E-state index contributed by atoms with van der Waals surface area (Å²) >= 11 is 1.44. The van der Waals surface area contributed by atoms with E-state index in [1.165, 1.54) is 11.3 Å². The maximum Gasteiger partial charge on any atom is 0.261 e. The van der Waals surface area contributed by atoms with Crippen molar-refractivity contribution < 1.29 is 9.59 Å². The van der Waals surface area contributed by atoms with Crippen LogP contribution in [0.4, 0.5) is 0 Å². The number of rotatable bonds is 6. The highest BCUT2D eigenvalue weighted by molar-refractivity contribution is 7.12. The second kappa shape index (κ2) is 8.13. The van der Waals surface area contributed by atoms with Gasteiger partial charge in [0.05, 0.1) is 4.88 Å². The van der Waals surface area contributed by atoms with Gasteiger partial charge in [-0.2, -0.15) is 0 Å². The lowest BCUT2D eigenvalue weighted by molar-refractivity contribution is -0.123. The Hall–Kier alpha value is -1.11. The standard InChI is InChI=1S/C16H23N3O2S.ClH/c20-14(12-11-16(12)4-8-17-9-5-16)18-6-2-7-19-15(21)13-3-1-10-22-13;/h1,3,10,12,17H,2,4-9,11H2,(H,18,20)(H,19,21);1H. The molecular formula is C16H24ClN3O2S. The summed E-state index contributed by atoms with van der Waals surface area (Å²) in [5, 5.41) is 11.1. The van der Waals surface area contributed by atoms with E-state index in [2.05, 4.69) is 16.0 Å². The molecule has 23 heavy (non-hydrogen) atoms. The van der Waals surface area contributed by atoms with E-state index in [0.717, 1.165) is 43.6 Å². The second-order valence-electron chi connectivity index (χ2n) is 6.25. The Labute approximate surface area is 147 Å². The van der Waals surface area contributed by atoms with Crippen molar-refractivity contribution in [1.29, 1.82) is 0 Å². The lowest BCUT2D eigenvalue weighted by atomic mass is 9.92. The Morgan fingerprint density at radius 3 is 2.70 bits per heavy atom. The van der Waals surface area contributed by atoms with E-state index >= 15 is 0 Å².